The summed E-state index contributed by atoms with van der Waals surface area (Å²) in [5, 5.41) is 11.9. The third kappa shape index (κ3) is 4.03. The summed E-state index contributed by atoms with van der Waals surface area (Å²) in [6.07, 6.45) is 0.313. The lowest BCUT2D eigenvalue weighted by Gasteiger charge is -2.14. The molecule has 1 aromatic rings. The van der Waals surface area contributed by atoms with Crippen LogP contribution in [0.3, 0.4) is 0 Å². The Morgan fingerprint density at radius 2 is 2.24 bits per heavy atom. The third-order valence-electron chi connectivity index (χ3n) is 2.43. The molecule has 0 spiro atoms. The van der Waals surface area contributed by atoms with Gasteiger partial charge in [-0.3, -0.25) is 4.79 Å². The summed E-state index contributed by atoms with van der Waals surface area (Å²) in [6, 6.07) is 3.75. The smallest absolute Gasteiger partial charge is 0.224 e. The third-order valence-corrected chi connectivity index (χ3v) is 2.43. The van der Waals surface area contributed by atoms with Crippen LogP contribution in [0.1, 0.15) is 12.5 Å². The zero-order valence-electron chi connectivity index (χ0n) is 9.74. The van der Waals surface area contributed by atoms with E-state index in [2.05, 4.69) is 5.32 Å². The average molecular weight is 240 g/mol. The first kappa shape index (κ1) is 13.4. The highest BCUT2D eigenvalue weighted by atomic mass is 19.1. The SMILES string of the molecule is CCNC(=O)C(CN)Cc1cc(O)cc(F)c1. The minimum Gasteiger partial charge on any atom is -0.508 e. The fraction of sp³-hybridized carbons (Fsp3) is 0.417. The van der Waals surface area contributed by atoms with Crippen molar-refractivity contribution < 1.29 is 14.3 Å². The zero-order chi connectivity index (χ0) is 12.8. The molecule has 1 rings (SSSR count). The van der Waals surface area contributed by atoms with E-state index in [1.165, 1.54) is 12.1 Å². The number of nitrogens with one attached hydrogen (secondary N) is 1. The van der Waals surface area contributed by atoms with Crippen molar-refractivity contribution >= 4 is 5.91 Å². The largest absolute Gasteiger partial charge is 0.508 e. The zero-order valence-corrected chi connectivity index (χ0v) is 9.74. The number of halogens is 1. The van der Waals surface area contributed by atoms with Crippen molar-refractivity contribution in [3.8, 4) is 5.75 Å². The van der Waals surface area contributed by atoms with Crippen LogP contribution >= 0.6 is 0 Å². The van der Waals surface area contributed by atoms with Gasteiger partial charge in [0.2, 0.25) is 5.91 Å². The Bertz CT molecular complexity index is 376. The van der Waals surface area contributed by atoms with Gasteiger partial charge in [-0.1, -0.05) is 0 Å². The second kappa shape index (κ2) is 6.20. The maximum absolute atomic E-state index is 13.0. The molecule has 0 aliphatic heterocycles. The summed E-state index contributed by atoms with van der Waals surface area (Å²) < 4.78 is 13.0. The molecule has 94 valence electrons. The van der Waals surface area contributed by atoms with E-state index < -0.39 is 11.7 Å². The Labute approximate surface area is 99.6 Å². The molecule has 1 amide bonds. The highest BCUT2D eigenvalue weighted by Gasteiger charge is 2.17. The topological polar surface area (TPSA) is 75.4 Å². The van der Waals surface area contributed by atoms with Gasteiger partial charge in [-0.15, -0.1) is 0 Å². The van der Waals surface area contributed by atoms with Crippen molar-refractivity contribution in [2.45, 2.75) is 13.3 Å². The predicted molar refractivity (Wildman–Crippen MR) is 63.0 cm³/mol. The number of rotatable bonds is 5. The number of phenols is 1. The van der Waals surface area contributed by atoms with Gasteiger partial charge >= 0.3 is 0 Å². The van der Waals surface area contributed by atoms with Crippen LogP contribution in [0.5, 0.6) is 5.75 Å². The maximum atomic E-state index is 13.0. The maximum Gasteiger partial charge on any atom is 0.224 e. The molecule has 17 heavy (non-hydrogen) atoms. The quantitative estimate of drug-likeness (QED) is 0.712. The molecule has 0 heterocycles. The lowest BCUT2D eigenvalue weighted by atomic mass is 9.98. The molecule has 0 saturated heterocycles. The minimum atomic E-state index is -0.522. The van der Waals surface area contributed by atoms with Crippen LogP contribution < -0.4 is 11.1 Å². The highest BCUT2D eigenvalue weighted by molar-refractivity contribution is 5.79. The normalized spacial score (nSPS) is 12.2. The molecular formula is C12H17FN2O2. The summed E-state index contributed by atoms with van der Waals surface area (Å²) in [5.74, 6) is -1.23. The van der Waals surface area contributed by atoms with E-state index in [1.807, 2.05) is 6.92 Å². The molecule has 0 aromatic heterocycles. The Morgan fingerprint density at radius 3 is 2.76 bits per heavy atom. The molecule has 1 aromatic carbocycles. The Balaban J connectivity index is 2.76. The molecule has 0 bridgehead atoms. The molecule has 0 radical (unpaired) electrons. The van der Waals surface area contributed by atoms with Crippen LogP contribution in [0.15, 0.2) is 18.2 Å². The molecule has 1 atom stereocenters. The summed E-state index contributed by atoms with van der Waals surface area (Å²) in [5.41, 5.74) is 6.07. The highest BCUT2D eigenvalue weighted by Crippen LogP contribution is 2.17. The van der Waals surface area contributed by atoms with Crippen LogP contribution in [0, 0.1) is 11.7 Å². The van der Waals surface area contributed by atoms with Gasteiger partial charge in [0.25, 0.3) is 0 Å². The lowest BCUT2D eigenvalue weighted by molar-refractivity contribution is -0.124. The van der Waals surface area contributed by atoms with Crippen LogP contribution in [0.25, 0.3) is 0 Å². The van der Waals surface area contributed by atoms with Crippen LogP contribution in [0.2, 0.25) is 0 Å². The summed E-state index contributed by atoms with van der Waals surface area (Å²) in [6.45, 7) is 2.53. The van der Waals surface area contributed by atoms with Crippen LogP contribution in [-0.4, -0.2) is 24.1 Å². The number of hydrogen-bond donors (Lipinski definition) is 3. The van der Waals surface area contributed by atoms with Crippen LogP contribution in [0.4, 0.5) is 4.39 Å². The van der Waals surface area contributed by atoms with Gasteiger partial charge in [-0.25, -0.2) is 4.39 Å². The van der Waals surface area contributed by atoms with Crippen molar-refractivity contribution in [2.75, 3.05) is 13.1 Å². The van der Waals surface area contributed by atoms with Crippen molar-refractivity contribution in [1.29, 1.82) is 0 Å². The van der Waals surface area contributed by atoms with Gasteiger partial charge in [-0.2, -0.15) is 0 Å². The molecule has 0 aliphatic rings. The van der Waals surface area contributed by atoms with Gasteiger partial charge in [0.1, 0.15) is 11.6 Å². The Morgan fingerprint density at radius 1 is 1.53 bits per heavy atom. The van der Waals surface area contributed by atoms with Gasteiger partial charge in [0.15, 0.2) is 0 Å². The lowest BCUT2D eigenvalue weighted by Crippen LogP contribution is -2.36. The molecule has 4 N–H and O–H groups in total. The number of phenolic OH excluding ortho intramolecular Hbond substituents is 1. The second-order valence-electron chi connectivity index (χ2n) is 3.85. The molecule has 0 fully saturated rings. The average Bonchev–Trinajstić information content (AvgIpc) is 2.24. The van der Waals surface area contributed by atoms with E-state index in [-0.39, 0.29) is 18.2 Å². The molecule has 1 unspecified atom stereocenters. The first-order valence-electron chi connectivity index (χ1n) is 5.53. The van der Waals surface area contributed by atoms with E-state index in [9.17, 15) is 14.3 Å². The molecular weight excluding hydrogens is 223 g/mol. The first-order chi connectivity index (χ1) is 8.06. The summed E-state index contributed by atoms with van der Waals surface area (Å²) in [4.78, 5) is 11.6. The van der Waals surface area contributed by atoms with Gasteiger partial charge in [0.05, 0.1) is 5.92 Å². The fourth-order valence-corrected chi connectivity index (χ4v) is 1.64. The number of carbonyl (C=O) groups excluding carboxylic acids is 1. The fourth-order valence-electron chi connectivity index (χ4n) is 1.64. The summed E-state index contributed by atoms with van der Waals surface area (Å²) in [7, 11) is 0. The predicted octanol–water partition coefficient (Wildman–Crippen LogP) is 0.785. The number of nitrogens with two attached hydrogens (primary N) is 1. The Kier molecular flexibility index (Phi) is 4.90. The molecule has 0 saturated carbocycles. The van der Waals surface area contributed by atoms with Crippen molar-refractivity contribution in [3.05, 3.63) is 29.6 Å². The monoisotopic (exact) mass is 240 g/mol. The summed E-state index contributed by atoms with van der Waals surface area (Å²) >= 11 is 0. The molecule has 0 aliphatic carbocycles. The van der Waals surface area contributed by atoms with Crippen molar-refractivity contribution in [1.82, 2.24) is 5.32 Å². The van der Waals surface area contributed by atoms with Gasteiger partial charge < -0.3 is 16.2 Å². The number of amides is 1. The van der Waals surface area contributed by atoms with Gasteiger partial charge in [-0.05, 0) is 31.0 Å². The number of aromatic hydroxyl groups is 1. The van der Waals surface area contributed by atoms with Gasteiger partial charge in [0, 0.05) is 19.2 Å². The van der Waals surface area contributed by atoms with E-state index >= 15 is 0 Å². The van der Waals surface area contributed by atoms with E-state index in [4.69, 9.17) is 5.73 Å². The van der Waals surface area contributed by atoms with E-state index in [0.29, 0.717) is 18.5 Å². The standard InChI is InChI=1S/C12H17FN2O2/c1-2-15-12(17)9(7-14)3-8-4-10(13)6-11(16)5-8/h4-6,9,16H,2-3,7,14H2,1H3,(H,15,17). The number of hydrogen-bond acceptors (Lipinski definition) is 3. The second-order valence-corrected chi connectivity index (χ2v) is 3.85. The minimum absolute atomic E-state index is 0.147. The Hall–Kier alpha value is -1.62. The first-order valence-corrected chi connectivity index (χ1v) is 5.53. The molecule has 4 nitrogen and oxygen atoms in total. The van der Waals surface area contributed by atoms with Crippen LogP contribution in [-0.2, 0) is 11.2 Å². The van der Waals surface area contributed by atoms with Crippen molar-refractivity contribution in [2.24, 2.45) is 11.7 Å². The molecule has 5 heteroatoms. The van der Waals surface area contributed by atoms with Crippen molar-refractivity contribution in [3.63, 3.8) is 0 Å². The number of benzene rings is 1. The van der Waals surface area contributed by atoms with E-state index in [1.54, 1.807) is 0 Å². The number of carbonyl (C=O) groups is 1. The van der Waals surface area contributed by atoms with E-state index in [0.717, 1.165) is 6.07 Å².